The van der Waals surface area contributed by atoms with E-state index in [2.05, 4.69) is 13.8 Å². The SMILES string of the molecule is [2H]c1c([2H])c([2H])c2c(c1[2H])c1c([2H])c([2H])c([2H])c([2H])c1n2-c1nc(N2c3ccccc3C3(C)CCCCC23C)nc(-n2c3c([2H])c([2H])c([2H])c([2H])c3c3c([2H])c([2H])c([2H])c([2H])c32)n1. The molecule has 47 heavy (non-hydrogen) atoms. The van der Waals surface area contributed by atoms with Crippen molar-refractivity contribution in [2.24, 2.45) is 0 Å². The highest BCUT2D eigenvalue weighted by atomic mass is 15.4. The Labute approximate surface area is 295 Å². The molecule has 2 aliphatic rings. The monoisotopic (exact) mass is 626 g/mol. The van der Waals surface area contributed by atoms with Gasteiger partial charge in [0.15, 0.2) is 0 Å². The van der Waals surface area contributed by atoms with Crippen molar-refractivity contribution in [2.75, 3.05) is 4.90 Å². The molecule has 2 atom stereocenters. The average Bonchev–Trinajstić information content (AvgIpc) is 3.89. The normalized spacial score (nSPS) is 25.5. The van der Waals surface area contributed by atoms with Crippen LogP contribution in [0.3, 0.4) is 0 Å². The van der Waals surface area contributed by atoms with Crippen LogP contribution in [0.15, 0.2) is 121 Å². The molecule has 3 aromatic heterocycles. The van der Waals surface area contributed by atoms with Crippen molar-refractivity contribution in [3.63, 3.8) is 0 Å². The number of fused-ring (bicyclic) bond motifs is 9. The van der Waals surface area contributed by atoms with E-state index in [1.807, 2.05) is 29.2 Å². The average molecular weight is 627 g/mol. The smallest absolute Gasteiger partial charge is 0.241 e. The number of hydrogen-bond donors (Lipinski definition) is 0. The summed E-state index contributed by atoms with van der Waals surface area (Å²) >= 11 is 0. The molecule has 0 saturated heterocycles. The summed E-state index contributed by atoms with van der Waals surface area (Å²) in [5.41, 5.74) is -0.613. The highest BCUT2D eigenvalue weighted by Crippen LogP contribution is 2.60. The quantitative estimate of drug-likeness (QED) is 0.196. The van der Waals surface area contributed by atoms with Crippen LogP contribution < -0.4 is 4.90 Å². The topological polar surface area (TPSA) is 51.8 Å². The molecule has 5 aromatic carbocycles. The number of rotatable bonds is 3. The molecule has 1 aliphatic heterocycles. The molecular formula is C41H34N6. The summed E-state index contributed by atoms with van der Waals surface area (Å²) in [6.07, 6.45) is 3.21. The fourth-order valence-electron chi connectivity index (χ4n) is 7.89. The molecule has 0 amide bonds. The molecule has 228 valence electrons. The van der Waals surface area contributed by atoms with Crippen molar-refractivity contribution >= 4 is 55.2 Å². The summed E-state index contributed by atoms with van der Waals surface area (Å²) in [5.74, 6) is -0.872. The lowest BCUT2D eigenvalue weighted by Gasteiger charge is -2.49. The Balaban J connectivity index is 1.46. The van der Waals surface area contributed by atoms with Crippen LogP contribution >= 0.6 is 0 Å². The molecule has 0 bridgehead atoms. The molecule has 2 unspecified atom stereocenters. The number of aromatic nitrogens is 5. The zero-order chi connectivity index (χ0) is 45.3. The van der Waals surface area contributed by atoms with Crippen molar-refractivity contribution in [1.82, 2.24) is 24.1 Å². The molecule has 6 heteroatoms. The summed E-state index contributed by atoms with van der Waals surface area (Å²) in [4.78, 5) is 16.8. The summed E-state index contributed by atoms with van der Waals surface area (Å²) in [6.45, 7) is 4.24. The number of para-hydroxylation sites is 5. The first-order chi connectivity index (χ1) is 29.7. The van der Waals surface area contributed by atoms with Crippen LogP contribution in [-0.2, 0) is 5.41 Å². The lowest BCUT2D eigenvalue weighted by Crippen LogP contribution is -2.55. The van der Waals surface area contributed by atoms with Gasteiger partial charge in [0, 0.05) is 32.6 Å². The number of benzene rings is 5. The number of anilines is 2. The zero-order valence-electron chi connectivity index (χ0n) is 41.3. The van der Waals surface area contributed by atoms with E-state index in [0.717, 1.165) is 39.6 Å². The Morgan fingerprint density at radius 3 is 1.49 bits per heavy atom. The second-order valence-electron chi connectivity index (χ2n) is 12.5. The van der Waals surface area contributed by atoms with Gasteiger partial charge >= 0.3 is 0 Å². The third-order valence-electron chi connectivity index (χ3n) is 10.3. The molecule has 1 saturated carbocycles. The highest BCUT2D eigenvalue weighted by molar-refractivity contribution is 6.10. The van der Waals surface area contributed by atoms with E-state index in [9.17, 15) is 5.48 Å². The fraction of sp³-hybridized carbons (Fsp3) is 0.195. The standard InChI is InChI=1S/C41H34N6/c1-40-25-13-14-26-41(40,2)47(36-24-12-7-19-31(36)40)39-43-37(45-32-20-8-3-15-27(32)28-16-4-9-21-33(28)45)42-38(44-39)46-34-22-10-5-17-29(34)30-18-6-11-23-35(30)46/h3-12,15-24H,13-14,25-26H2,1-2H3/i3D,4D,5D,6D,8D,9D,10D,11D,15D,16D,17D,18D,20D,21D,22D,23D. The van der Waals surface area contributed by atoms with Crippen LogP contribution in [-0.4, -0.2) is 29.6 Å². The van der Waals surface area contributed by atoms with Gasteiger partial charge in [-0.3, -0.25) is 9.13 Å². The van der Waals surface area contributed by atoms with Crippen molar-refractivity contribution in [2.45, 2.75) is 50.5 Å². The first-order valence-electron chi connectivity index (χ1n) is 23.4. The van der Waals surface area contributed by atoms with Crippen LogP contribution in [0.5, 0.6) is 0 Å². The Hall–Kier alpha value is -5.49. The lowest BCUT2D eigenvalue weighted by molar-refractivity contribution is 0.193. The molecule has 1 fully saturated rings. The molecular weight excluding hydrogens is 576 g/mol. The maximum absolute atomic E-state index is 9.21. The van der Waals surface area contributed by atoms with Crippen LogP contribution in [0.1, 0.15) is 67.0 Å². The third-order valence-corrected chi connectivity index (χ3v) is 10.3. The van der Waals surface area contributed by atoms with Gasteiger partial charge in [-0.1, -0.05) is 110 Å². The summed E-state index contributed by atoms with van der Waals surface area (Å²) in [6, 6.07) is -2.32. The summed E-state index contributed by atoms with van der Waals surface area (Å²) in [5, 5.41) is -0.926. The van der Waals surface area contributed by atoms with Gasteiger partial charge in [0.2, 0.25) is 17.8 Å². The van der Waals surface area contributed by atoms with Crippen molar-refractivity contribution in [3.8, 4) is 11.9 Å². The fourth-order valence-corrected chi connectivity index (χ4v) is 7.89. The van der Waals surface area contributed by atoms with Gasteiger partial charge in [-0.2, -0.15) is 15.0 Å². The minimum atomic E-state index is -0.730. The number of nitrogens with zero attached hydrogens (tertiary/aromatic N) is 6. The van der Waals surface area contributed by atoms with Gasteiger partial charge in [0.1, 0.15) is 0 Å². The maximum Gasteiger partial charge on any atom is 0.241 e. The second kappa shape index (κ2) is 9.52. The lowest BCUT2D eigenvalue weighted by atomic mass is 9.61. The third kappa shape index (κ3) is 3.47. The zero-order valence-corrected chi connectivity index (χ0v) is 25.3. The van der Waals surface area contributed by atoms with Gasteiger partial charge in [0.25, 0.3) is 0 Å². The van der Waals surface area contributed by atoms with Crippen molar-refractivity contribution in [3.05, 3.63) is 127 Å². The molecule has 10 rings (SSSR count). The van der Waals surface area contributed by atoms with Gasteiger partial charge < -0.3 is 4.90 Å². The van der Waals surface area contributed by atoms with E-state index >= 15 is 0 Å². The minimum absolute atomic E-state index is 0.0519. The molecule has 6 nitrogen and oxygen atoms in total. The molecule has 1 aliphatic carbocycles. The van der Waals surface area contributed by atoms with E-state index in [4.69, 9.17) is 31.4 Å². The molecule has 0 spiro atoms. The Bertz CT molecular complexity index is 3100. The Morgan fingerprint density at radius 2 is 0.979 bits per heavy atom. The van der Waals surface area contributed by atoms with Gasteiger partial charge in [0.05, 0.1) is 49.5 Å². The largest absolute Gasteiger partial charge is 0.303 e. The highest BCUT2D eigenvalue weighted by Gasteiger charge is 2.58. The molecule has 8 aromatic rings. The second-order valence-corrected chi connectivity index (χ2v) is 12.5. The first-order valence-corrected chi connectivity index (χ1v) is 15.4. The molecule has 0 N–H and O–H groups in total. The predicted octanol–water partition coefficient (Wildman–Crippen LogP) is 9.81. The molecule has 0 radical (unpaired) electrons. The minimum Gasteiger partial charge on any atom is -0.303 e. The van der Waals surface area contributed by atoms with E-state index in [1.165, 1.54) is 0 Å². The van der Waals surface area contributed by atoms with Gasteiger partial charge in [-0.05, 0) is 55.6 Å². The van der Waals surface area contributed by atoms with E-state index in [-0.39, 0.29) is 49.6 Å². The van der Waals surface area contributed by atoms with E-state index in [0.29, 0.717) is 6.42 Å². The van der Waals surface area contributed by atoms with Gasteiger partial charge in [-0.15, -0.1) is 0 Å². The number of hydrogen-bond acceptors (Lipinski definition) is 4. The van der Waals surface area contributed by atoms with Crippen LogP contribution in [0.2, 0.25) is 0 Å². The first kappa shape index (κ1) is 15.4. The van der Waals surface area contributed by atoms with Crippen molar-refractivity contribution in [1.29, 1.82) is 0 Å². The van der Waals surface area contributed by atoms with Crippen LogP contribution in [0, 0.1) is 0 Å². The van der Waals surface area contributed by atoms with E-state index in [1.54, 1.807) is 0 Å². The predicted molar refractivity (Wildman–Crippen MR) is 191 cm³/mol. The van der Waals surface area contributed by atoms with E-state index < -0.39 is 120 Å². The summed E-state index contributed by atoms with van der Waals surface area (Å²) in [7, 11) is 0. The van der Waals surface area contributed by atoms with Crippen LogP contribution in [0.4, 0.5) is 11.6 Å². The van der Waals surface area contributed by atoms with Gasteiger partial charge in [-0.25, -0.2) is 0 Å². The van der Waals surface area contributed by atoms with Crippen LogP contribution in [0.25, 0.3) is 55.5 Å². The Morgan fingerprint density at radius 1 is 0.553 bits per heavy atom. The summed E-state index contributed by atoms with van der Waals surface area (Å²) < 4.78 is 144. The van der Waals surface area contributed by atoms with Crippen molar-refractivity contribution < 1.29 is 21.9 Å². The Kier molecular flexibility index (Phi) is 3.12. The molecule has 4 heterocycles. The maximum atomic E-state index is 9.21.